The summed E-state index contributed by atoms with van der Waals surface area (Å²) in [6, 6.07) is 7.56. The third kappa shape index (κ3) is 3.55. The Bertz CT molecular complexity index is 570. The molecule has 4 N–H and O–H groups in total. The fraction of sp³-hybridized carbons (Fsp3) is 0.308. The molecule has 0 saturated carbocycles. The van der Waals surface area contributed by atoms with Crippen LogP contribution in [-0.4, -0.2) is 29.0 Å². The Balaban J connectivity index is 2.06. The summed E-state index contributed by atoms with van der Waals surface area (Å²) in [5.41, 5.74) is 12.2. The van der Waals surface area contributed by atoms with Crippen molar-refractivity contribution >= 4 is 11.9 Å². The van der Waals surface area contributed by atoms with Crippen molar-refractivity contribution in [3.8, 4) is 5.75 Å². The Morgan fingerprint density at radius 2 is 1.80 bits per heavy atom. The van der Waals surface area contributed by atoms with Crippen LogP contribution in [0.2, 0.25) is 0 Å². The first-order chi connectivity index (χ1) is 9.58. The van der Waals surface area contributed by atoms with E-state index in [1.807, 2.05) is 38.4 Å². The van der Waals surface area contributed by atoms with Crippen molar-refractivity contribution in [1.29, 1.82) is 0 Å². The lowest BCUT2D eigenvalue weighted by Gasteiger charge is -2.12. The number of aromatic nitrogens is 3. The van der Waals surface area contributed by atoms with Gasteiger partial charge < -0.3 is 21.1 Å². The predicted octanol–water partition coefficient (Wildman–Crippen LogP) is 0.557. The molecule has 7 nitrogen and oxygen atoms in total. The van der Waals surface area contributed by atoms with Crippen LogP contribution < -0.4 is 21.1 Å². The molecule has 2 rings (SSSR count). The maximum atomic E-state index is 5.65. The molecule has 20 heavy (non-hydrogen) atoms. The number of rotatable bonds is 5. The lowest BCUT2D eigenvalue weighted by atomic mass is 10.2. The van der Waals surface area contributed by atoms with Crippen LogP contribution in [0, 0.1) is 0 Å². The maximum Gasteiger partial charge on any atom is 0.230 e. The van der Waals surface area contributed by atoms with E-state index in [2.05, 4.69) is 15.0 Å². The first kappa shape index (κ1) is 14.0. The highest BCUT2D eigenvalue weighted by Gasteiger charge is 2.06. The standard InChI is InChI=1S/C13H18N6O/c1-19(2)13-17-11(16-12(15)18-13)8-20-10-5-3-9(7-14)4-6-10/h3-6H,7-8,14H2,1-2H3,(H2,15,16,17,18). The van der Waals surface area contributed by atoms with Crippen LogP contribution in [0.5, 0.6) is 5.75 Å². The highest BCUT2D eigenvalue weighted by Crippen LogP contribution is 2.14. The molecular formula is C13H18N6O. The normalized spacial score (nSPS) is 10.3. The highest BCUT2D eigenvalue weighted by molar-refractivity contribution is 5.32. The first-order valence-electron chi connectivity index (χ1n) is 6.18. The average molecular weight is 274 g/mol. The van der Waals surface area contributed by atoms with Gasteiger partial charge in [0, 0.05) is 20.6 Å². The molecule has 0 spiro atoms. The molecule has 106 valence electrons. The van der Waals surface area contributed by atoms with Gasteiger partial charge in [-0.1, -0.05) is 12.1 Å². The Kier molecular flexibility index (Phi) is 4.31. The van der Waals surface area contributed by atoms with E-state index in [9.17, 15) is 0 Å². The van der Waals surface area contributed by atoms with Gasteiger partial charge in [0.05, 0.1) is 0 Å². The predicted molar refractivity (Wildman–Crippen MR) is 77.2 cm³/mol. The second-order valence-electron chi connectivity index (χ2n) is 4.44. The molecular weight excluding hydrogens is 256 g/mol. The van der Waals surface area contributed by atoms with Gasteiger partial charge in [-0.2, -0.15) is 15.0 Å². The van der Waals surface area contributed by atoms with E-state index in [-0.39, 0.29) is 12.6 Å². The number of benzene rings is 1. The summed E-state index contributed by atoms with van der Waals surface area (Å²) in [7, 11) is 3.68. The molecule has 0 radical (unpaired) electrons. The SMILES string of the molecule is CN(C)c1nc(N)nc(COc2ccc(CN)cc2)n1. The molecule has 0 aliphatic heterocycles. The van der Waals surface area contributed by atoms with E-state index < -0.39 is 0 Å². The van der Waals surface area contributed by atoms with Crippen molar-refractivity contribution in [2.24, 2.45) is 5.73 Å². The summed E-state index contributed by atoms with van der Waals surface area (Å²) in [5, 5.41) is 0. The first-order valence-corrected chi connectivity index (χ1v) is 6.18. The summed E-state index contributed by atoms with van der Waals surface area (Å²) in [5.74, 6) is 1.91. The smallest absolute Gasteiger partial charge is 0.230 e. The Labute approximate surface area is 117 Å². The average Bonchev–Trinajstić information content (AvgIpc) is 2.45. The van der Waals surface area contributed by atoms with Crippen LogP contribution in [0.4, 0.5) is 11.9 Å². The number of anilines is 2. The van der Waals surface area contributed by atoms with Gasteiger partial charge in [-0.05, 0) is 17.7 Å². The van der Waals surface area contributed by atoms with Gasteiger partial charge in [0.1, 0.15) is 12.4 Å². The minimum atomic E-state index is 0.181. The molecule has 1 heterocycles. The van der Waals surface area contributed by atoms with Gasteiger partial charge in [-0.15, -0.1) is 0 Å². The van der Waals surface area contributed by atoms with E-state index in [1.54, 1.807) is 4.90 Å². The molecule has 0 fully saturated rings. The monoisotopic (exact) mass is 274 g/mol. The number of hydrogen-bond acceptors (Lipinski definition) is 7. The minimum absolute atomic E-state index is 0.181. The third-order valence-corrected chi connectivity index (χ3v) is 2.61. The minimum Gasteiger partial charge on any atom is -0.486 e. The van der Waals surface area contributed by atoms with Gasteiger partial charge in [-0.3, -0.25) is 0 Å². The van der Waals surface area contributed by atoms with Crippen molar-refractivity contribution in [2.45, 2.75) is 13.2 Å². The van der Waals surface area contributed by atoms with E-state index in [0.717, 1.165) is 11.3 Å². The van der Waals surface area contributed by atoms with Gasteiger partial charge in [0.2, 0.25) is 11.9 Å². The summed E-state index contributed by atoms with van der Waals surface area (Å²) in [4.78, 5) is 14.1. The van der Waals surface area contributed by atoms with E-state index in [1.165, 1.54) is 0 Å². The molecule has 0 saturated heterocycles. The summed E-state index contributed by atoms with van der Waals surface area (Å²) < 4.78 is 5.61. The molecule has 7 heteroatoms. The zero-order valence-corrected chi connectivity index (χ0v) is 11.6. The molecule has 0 amide bonds. The molecule has 0 atom stereocenters. The fourth-order valence-electron chi connectivity index (χ4n) is 1.56. The van der Waals surface area contributed by atoms with Crippen molar-refractivity contribution in [1.82, 2.24) is 15.0 Å². The lowest BCUT2D eigenvalue weighted by Crippen LogP contribution is -2.16. The van der Waals surface area contributed by atoms with Crippen molar-refractivity contribution < 1.29 is 4.74 Å². The molecule has 0 bridgehead atoms. The van der Waals surface area contributed by atoms with Crippen LogP contribution in [0.1, 0.15) is 11.4 Å². The van der Waals surface area contributed by atoms with Gasteiger partial charge in [-0.25, -0.2) is 0 Å². The third-order valence-electron chi connectivity index (χ3n) is 2.61. The van der Waals surface area contributed by atoms with Crippen LogP contribution in [0.25, 0.3) is 0 Å². The Morgan fingerprint density at radius 3 is 2.40 bits per heavy atom. The Morgan fingerprint density at radius 1 is 1.10 bits per heavy atom. The summed E-state index contributed by atoms with van der Waals surface area (Å²) in [6.07, 6.45) is 0. The van der Waals surface area contributed by atoms with Crippen LogP contribution in [0.3, 0.4) is 0 Å². The number of ether oxygens (including phenoxy) is 1. The molecule has 1 aromatic heterocycles. The number of hydrogen-bond donors (Lipinski definition) is 2. The number of nitrogen functional groups attached to an aromatic ring is 1. The van der Waals surface area contributed by atoms with Crippen molar-refractivity contribution in [2.75, 3.05) is 24.7 Å². The lowest BCUT2D eigenvalue weighted by molar-refractivity contribution is 0.295. The van der Waals surface area contributed by atoms with E-state index in [4.69, 9.17) is 16.2 Å². The maximum absolute atomic E-state index is 5.65. The molecule has 0 aliphatic carbocycles. The zero-order valence-electron chi connectivity index (χ0n) is 11.6. The Hall–Kier alpha value is -2.41. The zero-order chi connectivity index (χ0) is 14.5. The van der Waals surface area contributed by atoms with Crippen molar-refractivity contribution in [3.05, 3.63) is 35.7 Å². The quantitative estimate of drug-likeness (QED) is 0.820. The second kappa shape index (κ2) is 6.16. The largest absolute Gasteiger partial charge is 0.486 e. The van der Waals surface area contributed by atoms with Crippen molar-refractivity contribution in [3.63, 3.8) is 0 Å². The van der Waals surface area contributed by atoms with Gasteiger partial charge >= 0.3 is 0 Å². The second-order valence-corrected chi connectivity index (χ2v) is 4.44. The number of nitrogens with two attached hydrogens (primary N) is 2. The summed E-state index contributed by atoms with van der Waals surface area (Å²) >= 11 is 0. The molecule has 0 unspecified atom stereocenters. The highest BCUT2D eigenvalue weighted by atomic mass is 16.5. The van der Waals surface area contributed by atoms with E-state index in [0.29, 0.717) is 18.3 Å². The van der Waals surface area contributed by atoms with Crippen LogP contribution in [0.15, 0.2) is 24.3 Å². The molecule has 1 aromatic carbocycles. The summed E-state index contributed by atoms with van der Waals surface area (Å²) in [6.45, 7) is 0.742. The molecule has 0 aliphatic rings. The van der Waals surface area contributed by atoms with Gasteiger partial charge in [0.25, 0.3) is 0 Å². The van der Waals surface area contributed by atoms with Crippen LogP contribution in [-0.2, 0) is 13.2 Å². The van der Waals surface area contributed by atoms with Crippen LogP contribution >= 0.6 is 0 Å². The number of nitrogens with zero attached hydrogens (tertiary/aromatic N) is 4. The molecule has 2 aromatic rings. The van der Waals surface area contributed by atoms with E-state index >= 15 is 0 Å². The van der Waals surface area contributed by atoms with Gasteiger partial charge in [0.15, 0.2) is 5.82 Å². The fourth-order valence-corrected chi connectivity index (χ4v) is 1.56. The topological polar surface area (TPSA) is 103 Å².